The van der Waals surface area contributed by atoms with E-state index in [4.69, 9.17) is 5.73 Å². The summed E-state index contributed by atoms with van der Waals surface area (Å²) in [5, 5.41) is 34.4. The highest BCUT2D eigenvalue weighted by Crippen LogP contribution is 2.43. The second kappa shape index (κ2) is 14.8. The lowest BCUT2D eigenvalue weighted by atomic mass is 9.94. The fourth-order valence-corrected chi connectivity index (χ4v) is 5.27. The zero-order valence-corrected chi connectivity index (χ0v) is 25.2. The molecule has 240 valence electrons. The largest absolute Gasteiger partial charge is 0.550 e. The average Bonchev–Trinajstić information content (AvgIpc) is 3.32. The van der Waals surface area contributed by atoms with Crippen LogP contribution in [0.4, 0.5) is 14.5 Å². The Labute approximate surface area is 264 Å². The average molecular weight is 631 g/mol. The number of benzene rings is 3. The maximum absolute atomic E-state index is 14.2. The number of carbonyl (C=O) groups is 3. The summed E-state index contributed by atoms with van der Waals surface area (Å²) in [6.45, 7) is 3.69. The van der Waals surface area contributed by atoms with Crippen molar-refractivity contribution in [3.05, 3.63) is 107 Å². The second-order valence-electron chi connectivity index (χ2n) is 11.1. The summed E-state index contributed by atoms with van der Waals surface area (Å²) in [5.74, 6) is -3.46. The number of aromatic nitrogens is 1. The number of primary amides is 1. The fraction of sp³-hybridized carbons (Fsp3) is 0.229. The number of amides is 2. The molecule has 0 unspecified atom stereocenters. The second-order valence-corrected chi connectivity index (χ2v) is 11.1. The summed E-state index contributed by atoms with van der Waals surface area (Å²) in [7, 11) is 0. The lowest BCUT2D eigenvalue weighted by molar-refractivity contribution is -0.307. The van der Waals surface area contributed by atoms with E-state index in [2.05, 4.69) is 5.32 Å². The topological polar surface area (TPSA) is 158 Å². The highest BCUT2D eigenvalue weighted by molar-refractivity contribution is 6.12. The van der Waals surface area contributed by atoms with E-state index in [0.29, 0.717) is 39.2 Å². The number of halogens is 2. The van der Waals surface area contributed by atoms with Crippen LogP contribution < -0.4 is 16.2 Å². The first-order valence-electron chi connectivity index (χ1n) is 14.6. The lowest BCUT2D eigenvalue weighted by Gasteiger charge is -2.18. The molecule has 9 nitrogen and oxygen atoms in total. The van der Waals surface area contributed by atoms with Crippen molar-refractivity contribution in [2.75, 3.05) is 5.32 Å². The Balaban J connectivity index is 1.93. The molecular formula is C35H34F2N3O6-. The number of hydrogen-bond donors (Lipinski definition) is 4. The number of aliphatic carboxylic acids is 1. The summed E-state index contributed by atoms with van der Waals surface area (Å²) in [6, 6.07) is 17.4. The number of rotatable bonds is 13. The Morgan fingerprint density at radius 2 is 1.43 bits per heavy atom. The number of aliphatic hydroxyl groups excluding tert-OH is 2. The molecule has 0 saturated heterocycles. The number of aliphatic hydroxyl groups is 2. The van der Waals surface area contributed by atoms with Crippen LogP contribution in [0.5, 0.6) is 0 Å². The molecule has 0 aliphatic heterocycles. The Bertz CT molecular complexity index is 1730. The zero-order chi connectivity index (χ0) is 33.5. The van der Waals surface area contributed by atoms with Gasteiger partial charge in [-0.15, -0.1) is 0 Å². The molecule has 2 atom stereocenters. The van der Waals surface area contributed by atoms with Crippen molar-refractivity contribution in [2.45, 2.75) is 51.4 Å². The molecule has 0 bridgehead atoms. The molecule has 5 N–H and O–H groups in total. The number of nitrogens with zero attached hydrogens (tertiary/aromatic N) is 1. The first kappa shape index (κ1) is 33.8. The fourth-order valence-electron chi connectivity index (χ4n) is 5.27. The summed E-state index contributed by atoms with van der Waals surface area (Å²) in [4.78, 5) is 36.4. The van der Waals surface area contributed by atoms with Crippen LogP contribution in [-0.4, -0.2) is 44.8 Å². The highest BCUT2D eigenvalue weighted by Gasteiger charge is 2.29. The molecule has 0 aliphatic rings. The van der Waals surface area contributed by atoms with Crippen molar-refractivity contribution >= 4 is 29.5 Å². The molecule has 1 aromatic heterocycles. The van der Waals surface area contributed by atoms with Crippen LogP contribution in [0.15, 0.2) is 78.9 Å². The van der Waals surface area contributed by atoms with Gasteiger partial charge in [0.05, 0.1) is 18.6 Å². The molecule has 4 aromatic rings. The number of nitrogens with two attached hydrogens (primary N) is 1. The number of hydrogen-bond acceptors (Lipinski definition) is 6. The van der Waals surface area contributed by atoms with Gasteiger partial charge >= 0.3 is 0 Å². The van der Waals surface area contributed by atoms with Crippen molar-refractivity contribution in [1.29, 1.82) is 0 Å². The molecule has 0 radical (unpaired) electrons. The Morgan fingerprint density at radius 3 is 1.93 bits per heavy atom. The SMILES string of the molecule is CC(C)n1c(/C=C/[C@@H](O)C[C@@H](O)CC(=O)[O-])c(-c2ccc(F)cc2)c(-c2ccc(F)cc2)c1C(=O)Nc1ccc(CC(N)=O)cc1. The van der Waals surface area contributed by atoms with Gasteiger partial charge in [0.2, 0.25) is 5.91 Å². The van der Waals surface area contributed by atoms with E-state index in [-0.39, 0.29) is 24.6 Å². The van der Waals surface area contributed by atoms with Gasteiger partial charge in [0.1, 0.15) is 17.3 Å². The third kappa shape index (κ3) is 8.32. The molecule has 0 spiro atoms. The van der Waals surface area contributed by atoms with Crippen molar-refractivity contribution in [2.24, 2.45) is 5.73 Å². The third-order valence-electron chi connectivity index (χ3n) is 7.22. The van der Waals surface area contributed by atoms with Gasteiger partial charge in [-0.25, -0.2) is 8.78 Å². The van der Waals surface area contributed by atoms with E-state index in [0.717, 1.165) is 0 Å². The highest BCUT2D eigenvalue weighted by atomic mass is 19.1. The van der Waals surface area contributed by atoms with Gasteiger partial charge in [0.15, 0.2) is 0 Å². The van der Waals surface area contributed by atoms with Crippen molar-refractivity contribution in [1.82, 2.24) is 4.57 Å². The quantitative estimate of drug-likeness (QED) is 0.173. The van der Waals surface area contributed by atoms with E-state index >= 15 is 0 Å². The Kier molecular flexibility index (Phi) is 10.8. The standard InChI is InChI=1S/C35H35F2N3O6/c1-20(2)40-29(16-15-27(41)18-28(42)19-31(44)45)32(22-5-9-24(36)10-6-22)33(23-7-11-25(37)12-8-23)34(40)35(46)39-26-13-3-21(4-14-26)17-30(38)43/h3-16,20,27-28,41-42H,17-19H2,1-2H3,(H2,38,43)(H,39,46)(H,44,45)/p-1/b16-15+/t27-,28-/m1/s1. The van der Waals surface area contributed by atoms with Gasteiger partial charge in [-0.3, -0.25) is 9.59 Å². The van der Waals surface area contributed by atoms with Gasteiger partial charge in [-0.1, -0.05) is 42.5 Å². The minimum Gasteiger partial charge on any atom is -0.550 e. The van der Waals surface area contributed by atoms with Crippen molar-refractivity contribution < 1.29 is 38.5 Å². The zero-order valence-electron chi connectivity index (χ0n) is 25.2. The molecule has 1 heterocycles. The van der Waals surface area contributed by atoms with Gasteiger partial charge in [0, 0.05) is 47.4 Å². The normalized spacial score (nSPS) is 12.8. The predicted octanol–water partition coefficient (Wildman–Crippen LogP) is 4.23. The molecule has 2 amide bonds. The first-order chi connectivity index (χ1) is 21.8. The number of nitrogens with one attached hydrogen (secondary N) is 1. The first-order valence-corrected chi connectivity index (χ1v) is 14.6. The number of carbonyl (C=O) groups excluding carboxylic acids is 3. The number of carboxylic acid groups (broad SMARTS) is 1. The molecule has 11 heteroatoms. The van der Waals surface area contributed by atoms with Gasteiger partial charge in [0.25, 0.3) is 5.91 Å². The van der Waals surface area contributed by atoms with E-state index < -0.39 is 48.0 Å². The Hall–Kier alpha value is -5.13. The van der Waals surface area contributed by atoms with Crippen LogP contribution in [0, 0.1) is 11.6 Å². The summed E-state index contributed by atoms with van der Waals surface area (Å²) in [6.07, 6.45) is -0.615. The lowest BCUT2D eigenvalue weighted by Crippen LogP contribution is -2.29. The van der Waals surface area contributed by atoms with Crippen LogP contribution in [0.2, 0.25) is 0 Å². The molecular weight excluding hydrogens is 596 g/mol. The minimum absolute atomic E-state index is 0.0337. The summed E-state index contributed by atoms with van der Waals surface area (Å²) >= 11 is 0. The van der Waals surface area contributed by atoms with Gasteiger partial charge in [-0.2, -0.15) is 0 Å². The van der Waals surface area contributed by atoms with Crippen LogP contribution in [-0.2, 0) is 16.0 Å². The molecule has 3 aromatic carbocycles. The maximum Gasteiger partial charge on any atom is 0.272 e. The molecule has 0 aliphatic carbocycles. The van der Waals surface area contributed by atoms with E-state index in [1.165, 1.54) is 42.5 Å². The minimum atomic E-state index is -1.46. The molecule has 0 fully saturated rings. The van der Waals surface area contributed by atoms with E-state index in [9.17, 15) is 38.5 Å². The summed E-state index contributed by atoms with van der Waals surface area (Å²) < 4.78 is 29.9. The number of anilines is 1. The van der Waals surface area contributed by atoms with Crippen molar-refractivity contribution in [3.63, 3.8) is 0 Å². The Morgan fingerprint density at radius 1 is 0.891 bits per heavy atom. The van der Waals surface area contributed by atoms with Crippen LogP contribution in [0.25, 0.3) is 28.3 Å². The van der Waals surface area contributed by atoms with Crippen LogP contribution in [0.1, 0.15) is 54.5 Å². The third-order valence-corrected chi connectivity index (χ3v) is 7.22. The van der Waals surface area contributed by atoms with Crippen LogP contribution >= 0.6 is 0 Å². The maximum atomic E-state index is 14.2. The number of carboxylic acids is 1. The monoisotopic (exact) mass is 630 g/mol. The summed E-state index contributed by atoms with van der Waals surface area (Å²) in [5.41, 5.74) is 8.92. The van der Waals surface area contributed by atoms with Gasteiger partial charge < -0.3 is 35.7 Å². The van der Waals surface area contributed by atoms with Crippen LogP contribution in [0.3, 0.4) is 0 Å². The smallest absolute Gasteiger partial charge is 0.272 e. The van der Waals surface area contributed by atoms with E-state index in [1.807, 2.05) is 13.8 Å². The van der Waals surface area contributed by atoms with E-state index in [1.54, 1.807) is 47.0 Å². The molecule has 46 heavy (non-hydrogen) atoms. The molecule has 0 saturated carbocycles. The van der Waals surface area contributed by atoms with Gasteiger partial charge in [-0.05, 0) is 73.0 Å². The molecule has 4 rings (SSSR count). The van der Waals surface area contributed by atoms with Crippen molar-refractivity contribution in [3.8, 4) is 22.3 Å². The predicted molar refractivity (Wildman–Crippen MR) is 168 cm³/mol.